The molecule has 30 heavy (non-hydrogen) atoms. The van der Waals surface area contributed by atoms with Crippen molar-refractivity contribution in [3.8, 4) is 10.6 Å². The normalized spacial score (nSPS) is 15.6. The lowest BCUT2D eigenvalue weighted by atomic mass is 10.2. The Morgan fingerprint density at radius 3 is 2.67 bits per heavy atom. The summed E-state index contributed by atoms with van der Waals surface area (Å²) in [4.78, 5) is 18.1. The molecule has 1 fully saturated rings. The van der Waals surface area contributed by atoms with Crippen LogP contribution in [0.25, 0.3) is 10.6 Å². The minimum Gasteiger partial charge on any atom is -0.389 e. The second-order valence-corrected chi connectivity index (χ2v) is 7.85. The van der Waals surface area contributed by atoms with Gasteiger partial charge in [-0.25, -0.2) is 13.8 Å². The number of thiazole rings is 1. The van der Waals surface area contributed by atoms with E-state index in [1.807, 2.05) is 0 Å². The average Bonchev–Trinajstić information content (AvgIpc) is 3.32. The summed E-state index contributed by atoms with van der Waals surface area (Å²) in [5.41, 5.74) is 5.53. The molecule has 12 heteroatoms. The number of aryl methyl sites for hydroxylation is 1. The first-order chi connectivity index (χ1) is 14.2. The smallest absolute Gasteiger partial charge is 0.277 e. The number of anilines is 3. The number of nitrogen functional groups attached to an aromatic ring is 1. The molecule has 0 unspecified atom stereocenters. The first-order valence-electron chi connectivity index (χ1n) is 8.95. The lowest BCUT2D eigenvalue weighted by Gasteiger charge is -2.30. The van der Waals surface area contributed by atoms with Crippen LogP contribution in [0.1, 0.15) is 23.3 Å². The second kappa shape index (κ2) is 7.31. The van der Waals surface area contributed by atoms with Gasteiger partial charge in [0, 0.05) is 20.0 Å². The number of amides is 1. The van der Waals surface area contributed by atoms with Crippen molar-refractivity contribution in [1.29, 1.82) is 0 Å². The fourth-order valence-electron chi connectivity index (χ4n) is 3.39. The molecule has 0 saturated carbocycles. The molecule has 5 N–H and O–H groups in total. The number of benzene rings is 1. The van der Waals surface area contributed by atoms with Crippen LogP contribution in [0.5, 0.6) is 0 Å². The largest absolute Gasteiger partial charge is 0.389 e. The molecule has 1 saturated heterocycles. The molecule has 1 aromatic carbocycles. The molecule has 0 atom stereocenters. The van der Waals surface area contributed by atoms with E-state index in [-0.39, 0.29) is 33.4 Å². The summed E-state index contributed by atoms with van der Waals surface area (Å²) in [6.45, 7) is 0.352. The summed E-state index contributed by atoms with van der Waals surface area (Å²) in [7, 11) is 1.59. The zero-order valence-electron chi connectivity index (χ0n) is 15.8. The predicted octanol–water partition coefficient (Wildman–Crippen LogP) is 1.89. The fourth-order valence-corrected chi connectivity index (χ4v) is 4.27. The number of aliphatic hydroxyl groups is 2. The highest BCUT2D eigenvalue weighted by molar-refractivity contribution is 7.19. The molecule has 3 aromatic rings. The maximum absolute atomic E-state index is 14.0. The zero-order valence-corrected chi connectivity index (χ0v) is 16.6. The number of nitrogens with two attached hydrogens (primary N) is 1. The molecule has 1 aliphatic heterocycles. The van der Waals surface area contributed by atoms with E-state index in [0.29, 0.717) is 18.8 Å². The Bertz CT molecular complexity index is 1110. The van der Waals surface area contributed by atoms with Gasteiger partial charge in [-0.2, -0.15) is 5.10 Å². The zero-order chi connectivity index (χ0) is 21.6. The molecule has 158 valence electrons. The lowest BCUT2D eigenvalue weighted by Crippen LogP contribution is -2.45. The van der Waals surface area contributed by atoms with E-state index < -0.39 is 23.5 Å². The summed E-state index contributed by atoms with van der Waals surface area (Å²) >= 11 is 0.784. The quantitative estimate of drug-likeness (QED) is 0.460. The second-order valence-electron chi connectivity index (χ2n) is 6.82. The van der Waals surface area contributed by atoms with Crippen molar-refractivity contribution in [1.82, 2.24) is 14.8 Å². The van der Waals surface area contributed by atoms with Crippen molar-refractivity contribution >= 4 is 33.8 Å². The standard InChI is InChI=1S/C18H18F2N6O3S/c1-25-17(26-7-3-6-18(26,28)29)11(8-22-25)23-15(27)13-14(21)30-16(24-13)12-9(19)4-2-5-10(12)20/h2,4-5,8,28-29H,3,6-7,21H2,1H3,(H,23,27). The number of rotatable bonds is 4. The molecule has 0 radical (unpaired) electrons. The van der Waals surface area contributed by atoms with Gasteiger partial charge in [-0.1, -0.05) is 17.4 Å². The van der Waals surface area contributed by atoms with Crippen molar-refractivity contribution in [3.05, 3.63) is 41.7 Å². The van der Waals surface area contributed by atoms with E-state index in [4.69, 9.17) is 5.73 Å². The molecule has 1 amide bonds. The van der Waals surface area contributed by atoms with Crippen molar-refractivity contribution in [2.75, 3.05) is 22.5 Å². The number of aromatic nitrogens is 3. The highest BCUT2D eigenvalue weighted by Gasteiger charge is 2.40. The van der Waals surface area contributed by atoms with Gasteiger partial charge in [-0.05, 0) is 18.6 Å². The Hall–Kier alpha value is -3.09. The minimum atomic E-state index is -2.07. The molecular weight excluding hydrogens is 418 g/mol. The highest BCUT2D eigenvalue weighted by Crippen LogP contribution is 2.37. The number of nitrogens with one attached hydrogen (secondary N) is 1. The molecular formula is C18H18F2N6O3S. The van der Waals surface area contributed by atoms with Crippen LogP contribution in [0.15, 0.2) is 24.4 Å². The van der Waals surface area contributed by atoms with Crippen LogP contribution in [0.3, 0.4) is 0 Å². The number of halogens is 2. The minimum absolute atomic E-state index is 0.0181. The van der Waals surface area contributed by atoms with Crippen LogP contribution in [-0.4, -0.2) is 43.3 Å². The number of carbonyl (C=O) groups excluding carboxylic acids is 1. The van der Waals surface area contributed by atoms with Gasteiger partial charge in [-0.15, -0.1) is 0 Å². The van der Waals surface area contributed by atoms with Gasteiger partial charge in [0.25, 0.3) is 5.91 Å². The monoisotopic (exact) mass is 436 g/mol. The van der Waals surface area contributed by atoms with Gasteiger partial charge in [-0.3, -0.25) is 9.48 Å². The molecule has 1 aliphatic rings. The van der Waals surface area contributed by atoms with Crippen LogP contribution < -0.4 is 16.0 Å². The van der Waals surface area contributed by atoms with E-state index in [2.05, 4.69) is 15.4 Å². The maximum Gasteiger partial charge on any atom is 0.277 e. The number of carbonyl (C=O) groups is 1. The highest BCUT2D eigenvalue weighted by atomic mass is 32.1. The first-order valence-corrected chi connectivity index (χ1v) is 9.77. The van der Waals surface area contributed by atoms with E-state index >= 15 is 0 Å². The molecule has 0 bridgehead atoms. The topological polar surface area (TPSA) is 130 Å². The van der Waals surface area contributed by atoms with E-state index in [0.717, 1.165) is 23.5 Å². The fraction of sp³-hybridized carbons (Fsp3) is 0.278. The van der Waals surface area contributed by atoms with E-state index in [1.54, 1.807) is 7.05 Å². The third kappa shape index (κ3) is 3.38. The summed E-state index contributed by atoms with van der Waals surface area (Å²) in [5, 5.41) is 26.9. The van der Waals surface area contributed by atoms with Crippen LogP contribution >= 0.6 is 11.3 Å². The van der Waals surface area contributed by atoms with Crippen molar-refractivity contribution in [3.63, 3.8) is 0 Å². The van der Waals surface area contributed by atoms with Crippen molar-refractivity contribution < 1.29 is 23.8 Å². The van der Waals surface area contributed by atoms with Gasteiger partial charge in [0.05, 0.1) is 11.8 Å². The van der Waals surface area contributed by atoms with Gasteiger partial charge in [0.2, 0.25) is 5.91 Å². The average molecular weight is 436 g/mol. The predicted molar refractivity (Wildman–Crippen MR) is 107 cm³/mol. The Labute approximate surface area is 173 Å². The maximum atomic E-state index is 14.0. The number of hydrogen-bond acceptors (Lipinski definition) is 8. The van der Waals surface area contributed by atoms with Gasteiger partial charge in [0.1, 0.15) is 27.3 Å². The van der Waals surface area contributed by atoms with Gasteiger partial charge < -0.3 is 26.2 Å². The SMILES string of the molecule is Cn1ncc(NC(=O)c2nc(-c3c(F)cccc3F)sc2N)c1N1CCCC1(O)O. The third-order valence-corrected chi connectivity index (χ3v) is 5.68. The Kier molecular flexibility index (Phi) is 4.92. The van der Waals surface area contributed by atoms with E-state index in [1.165, 1.54) is 21.8 Å². The molecule has 9 nitrogen and oxygen atoms in total. The first kappa shape index (κ1) is 20.2. The Morgan fingerprint density at radius 2 is 2.03 bits per heavy atom. The van der Waals surface area contributed by atoms with Crippen molar-refractivity contribution in [2.24, 2.45) is 7.05 Å². The Morgan fingerprint density at radius 1 is 1.33 bits per heavy atom. The van der Waals surface area contributed by atoms with Crippen LogP contribution in [-0.2, 0) is 7.05 Å². The summed E-state index contributed by atoms with van der Waals surface area (Å²) < 4.78 is 29.5. The van der Waals surface area contributed by atoms with Crippen LogP contribution in [0.2, 0.25) is 0 Å². The molecule has 4 rings (SSSR count). The number of hydrogen-bond donors (Lipinski definition) is 4. The Balaban J connectivity index is 1.65. The molecule has 2 aromatic heterocycles. The molecule has 0 aliphatic carbocycles. The van der Waals surface area contributed by atoms with Gasteiger partial charge >= 0.3 is 0 Å². The van der Waals surface area contributed by atoms with E-state index in [9.17, 15) is 23.8 Å². The number of nitrogens with zero attached hydrogens (tertiary/aromatic N) is 4. The third-order valence-electron chi connectivity index (χ3n) is 4.78. The molecule has 0 spiro atoms. The van der Waals surface area contributed by atoms with Crippen LogP contribution in [0, 0.1) is 11.6 Å². The summed E-state index contributed by atoms with van der Waals surface area (Å²) in [5.74, 6) is -4.13. The summed E-state index contributed by atoms with van der Waals surface area (Å²) in [6.07, 6.45) is 2.03. The van der Waals surface area contributed by atoms with Gasteiger partial charge in [0.15, 0.2) is 11.5 Å². The lowest BCUT2D eigenvalue weighted by molar-refractivity contribution is -0.150. The summed E-state index contributed by atoms with van der Waals surface area (Å²) in [6, 6.07) is 3.40. The van der Waals surface area contributed by atoms with Crippen molar-refractivity contribution in [2.45, 2.75) is 18.8 Å². The molecule has 3 heterocycles. The van der Waals surface area contributed by atoms with Crippen LogP contribution in [0.4, 0.5) is 25.3 Å².